The predicted octanol–water partition coefficient (Wildman–Crippen LogP) is 6.03. The Bertz CT molecular complexity index is 919. The van der Waals surface area contributed by atoms with E-state index in [1.165, 1.54) is 0 Å². The molecule has 0 aliphatic rings. The lowest BCUT2D eigenvalue weighted by Gasteiger charge is -2.15. The van der Waals surface area contributed by atoms with Gasteiger partial charge in [0.2, 0.25) is 0 Å². The second kappa shape index (κ2) is 10.1. The average Bonchev–Trinajstić information content (AvgIpc) is 2.70. The van der Waals surface area contributed by atoms with Gasteiger partial charge in [-0.1, -0.05) is 51.3 Å². The van der Waals surface area contributed by atoms with Gasteiger partial charge in [-0.15, -0.1) is 0 Å². The van der Waals surface area contributed by atoms with Crippen LogP contribution in [-0.2, 0) is 19.7 Å². The van der Waals surface area contributed by atoms with Crippen molar-refractivity contribution in [3.8, 4) is 11.5 Å². The molecule has 4 nitrogen and oxygen atoms in total. The molecule has 1 aromatic heterocycles. The highest BCUT2D eigenvalue weighted by molar-refractivity contribution is 9.10. The van der Waals surface area contributed by atoms with Crippen LogP contribution in [0.4, 0.5) is 0 Å². The van der Waals surface area contributed by atoms with E-state index in [9.17, 15) is 0 Å². The van der Waals surface area contributed by atoms with Crippen molar-refractivity contribution in [3.05, 3.63) is 86.1 Å². The predicted molar refractivity (Wildman–Crippen MR) is 116 cm³/mol. The van der Waals surface area contributed by atoms with Gasteiger partial charge >= 0.3 is 0 Å². The monoisotopic (exact) mass is 480 g/mol. The molecule has 0 aliphatic heterocycles. The molecule has 2 aromatic carbocycles. The molecule has 0 atom stereocenters. The molecular formula is C21H19BrCl2N2O2. The van der Waals surface area contributed by atoms with E-state index in [0.717, 1.165) is 21.3 Å². The highest BCUT2D eigenvalue weighted by atomic mass is 79.9. The minimum absolute atomic E-state index is 0.249. The number of benzene rings is 2. The van der Waals surface area contributed by atoms with Gasteiger partial charge < -0.3 is 14.8 Å². The summed E-state index contributed by atoms with van der Waals surface area (Å²) in [6.07, 6.45) is 1.79. The molecule has 28 heavy (non-hydrogen) atoms. The van der Waals surface area contributed by atoms with Crippen molar-refractivity contribution < 1.29 is 9.47 Å². The number of hydrogen-bond acceptors (Lipinski definition) is 4. The lowest BCUT2D eigenvalue weighted by molar-refractivity contribution is 0.284. The van der Waals surface area contributed by atoms with E-state index in [-0.39, 0.29) is 6.61 Å². The zero-order valence-corrected chi connectivity index (χ0v) is 18.3. The summed E-state index contributed by atoms with van der Waals surface area (Å²) in [6, 6.07) is 15.1. The maximum absolute atomic E-state index is 6.22. The Hall–Kier alpha value is -1.79. The summed E-state index contributed by atoms with van der Waals surface area (Å²) in [5, 5.41) is 4.52. The Morgan fingerprint density at radius 3 is 2.46 bits per heavy atom. The molecule has 1 heterocycles. The second-order valence-electron chi connectivity index (χ2n) is 6.01. The third kappa shape index (κ3) is 5.39. The summed E-state index contributed by atoms with van der Waals surface area (Å²) >= 11 is 16.0. The summed E-state index contributed by atoms with van der Waals surface area (Å²) in [6.45, 7) is 1.58. The van der Waals surface area contributed by atoms with Crippen LogP contribution < -0.4 is 14.8 Å². The Morgan fingerprint density at radius 1 is 1.00 bits per heavy atom. The zero-order chi connectivity index (χ0) is 19.9. The van der Waals surface area contributed by atoms with Crippen LogP contribution in [0.15, 0.2) is 59.2 Å². The Morgan fingerprint density at radius 2 is 1.79 bits per heavy atom. The van der Waals surface area contributed by atoms with Crippen LogP contribution in [0.1, 0.15) is 16.8 Å². The highest BCUT2D eigenvalue weighted by Gasteiger charge is 2.13. The van der Waals surface area contributed by atoms with E-state index >= 15 is 0 Å². The molecule has 0 aliphatic carbocycles. The first-order valence-electron chi connectivity index (χ1n) is 8.61. The molecule has 0 saturated heterocycles. The van der Waals surface area contributed by atoms with Crippen molar-refractivity contribution in [2.45, 2.75) is 19.7 Å². The molecule has 7 heteroatoms. The van der Waals surface area contributed by atoms with Gasteiger partial charge in [-0.05, 0) is 42.0 Å². The molecule has 0 saturated carbocycles. The number of nitrogens with one attached hydrogen (secondary N) is 1. The summed E-state index contributed by atoms with van der Waals surface area (Å²) in [7, 11) is 1.61. The van der Waals surface area contributed by atoms with Crippen molar-refractivity contribution in [3.63, 3.8) is 0 Å². The Kier molecular flexibility index (Phi) is 7.57. The van der Waals surface area contributed by atoms with E-state index in [0.29, 0.717) is 34.6 Å². The van der Waals surface area contributed by atoms with Crippen molar-refractivity contribution in [2.75, 3.05) is 7.11 Å². The number of rotatable bonds is 8. The maximum atomic E-state index is 6.22. The van der Waals surface area contributed by atoms with Gasteiger partial charge in [0.05, 0.1) is 12.8 Å². The van der Waals surface area contributed by atoms with E-state index < -0.39 is 0 Å². The molecule has 0 amide bonds. The average molecular weight is 482 g/mol. The lowest BCUT2D eigenvalue weighted by atomic mass is 10.2. The molecule has 0 fully saturated rings. The Labute approximate surface area is 182 Å². The van der Waals surface area contributed by atoms with Crippen molar-refractivity contribution in [1.82, 2.24) is 10.3 Å². The highest BCUT2D eigenvalue weighted by Crippen LogP contribution is 2.35. The van der Waals surface area contributed by atoms with Gasteiger partial charge in [0.15, 0.2) is 11.5 Å². The molecule has 3 aromatic rings. The molecule has 1 N–H and O–H groups in total. The molecular weight excluding hydrogens is 463 g/mol. The van der Waals surface area contributed by atoms with Crippen LogP contribution in [0.5, 0.6) is 11.5 Å². The van der Waals surface area contributed by atoms with Crippen LogP contribution in [-0.4, -0.2) is 12.1 Å². The number of ether oxygens (including phenoxy) is 2. The van der Waals surface area contributed by atoms with Crippen LogP contribution in [0.2, 0.25) is 10.0 Å². The molecule has 0 radical (unpaired) electrons. The number of halogens is 3. The van der Waals surface area contributed by atoms with Gasteiger partial charge in [-0.3, -0.25) is 4.98 Å². The van der Waals surface area contributed by atoms with E-state index in [2.05, 4.69) is 26.2 Å². The first-order valence-corrected chi connectivity index (χ1v) is 10.2. The molecule has 0 spiro atoms. The van der Waals surface area contributed by atoms with Crippen LogP contribution >= 0.6 is 39.1 Å². The number of methoxy groups -OCH3 is 1. The lowest BCUT2D eigenvalue weighted by Crippen LogP contribution is -2.14. The molecule has 146 valence electrons. The van der Waals surface area contributed by atoms with Crippen LogP contribution in [0, 0.1) is 0 Å². The SMILES string of the molecule is COc1cc(CNCc2ccccn2)c(Br)cc1OCc1c(Cl)cccc1Cl. The van der Waals surface area contributed by atoms with Crippen LogP contribution in [0.25, 0.3) is 0 Å². The van der Waals surface area contributed by atoms with E-state index in [1.54, 1.807) is 31.5 Å². The smallest absolute Gasteiger partial charge is 0.162 e. The van der Waals surface area contributed by atoms with E-state index in [4.69, 9.17) is 32.7 Å². The van der Waals surface area contributed by atoms with Gasteiger partial charge in [-0.2, -0.15) is 0 Å². The first kappa shape index (κ1) is 20.9. The van der Waals surface area contributed by atoms with Gasteiger partial charge in [0.25, 0.3) is 0 Å². The zero-order valence-electron chi connectivity index (χ0n) is 15.2. The summed E-state index contributed by atoms with van der Waals surface area (Å²) < 4.78 is 12.4. The summed E-state index contributed by atoms with van der Waals surface area (Å²) in [4.78, 5) is 4.31. The molecule has 0 unspecified atom stereocenters. The second-order valence-corrected chi connectivity index (χ2v) is 7.68. The fourth-order valence-electron chi connectivity index (χ4n) is 2.63. The quantitative estimate of drug-likeness (QED) is 0.426. The summed E-state index contributed by atoms with van der Waals surface area (Å²) in [5.74, 6) is 1.25. The number of pyridine rings is 1. The minimum Gasteiger partial charge on any atom is -0.493 e. The van der Waals surface area contributed by atoms with Crippen LogP contribution in [0.3, 0.4) is 0 Å². The van der Waals surface area contributed by atoms with Crippen molar-refractivity contribution in [1.29, 1.82) is 0 Å². The molecule has 0 bridgehead atoms. The molecule has 3 rings (SSSR count). The van der Waals surface area contributed by atoms with Gasteiger partial charge in [0, 0.05) is 39.4 Å². The largest absolute Gasteiger partial charge is 0.493 e. The standard InChI is InChI=1S/C21H19BrCl2N2O2/c1-27-20-9-14(11-25-12-15-5-2-3-8-26-15)17(22)10-21(20)28-13-16-18(23)6-4-7-19(16)24/h2-10,25H,11-13H2,1H3. The third-order valence-electron chi connectivity index (χ3n) is 4.11. The van der Waals surface area contributed by atoms with E-state index in [1.807, 2.05) is 30.3 Å². The topological polar surface area (TPSA) is 43.4 Å². The normalized spacial score (nSPS) is 10.7. The minimum atomic E-state index is 0.249. The van der Waals surface area contributed by atoms with Crippen molar-refractivity contribution in [2.24, 2.45) is 0 Å². The fraction of sp³-hybridized carbons (Fsp3) is 0.190. The van der Waals surface area contributed by atoms with Gasteiger partial charge in [0.1, 0.15) is 6.61 Å². The number of hydrogen-bond donors (Lipinski definition) is 1. The number of aromatic nitrogens is 1. The maximum Gasteiger partial charge on any atom is 0.162 e. The Balaban J connectivity index is 1.68. The first-order chi connectivity index (χ1) is 13.6. The van der Waals surface area contributed by atoms with Crippen molar-refractivity contribution >= 4 is 39.1 Å². The summed E-state index contributed by atoms with van der Waals surface area (Å²) in [5.41, 5.74) is 2.78. The number of nitrogens with zero attached hydrogens (tertiary/aromatic N) is 1. The van der Waals surface area contributed by atoms with Gasteiger partial charge in [-0.25, -0.2) is 0 Å². The third-order valence-corrected chi connectivity index (χ3v) is 5.56. The fourth-order valence-corrected chi connectivity index (χ4v) is 3.60.